The average molecular weight is 986 g/mol. The van der Waals surface area contributed by atoms with Gasteiger partial charge in [-0.1, -0.05) is 208 Å². The molecule has 0 aromatic rings. The number of hydrogen-bond acceptors (Lipinski definition) is 8. The van der Waals surface area contributed by atoms with E-state index >= 15 is 0 Å². The van der Waals surface area contributed by atoms with E-state index in [1.807, 2.05) is 21.1 Å². The molecule has 0 aromatic carbocycles. The first-order chi connectivity index (χ1) is 33.5. The molecular weight excluding hydrogens is 882 g/mol. The molecule has 0 radical (unpaired) electrons. The van der Waals surface area contributed by atoms with E-state index < -0.39 is 32.5 Å². The maximum Gasteiger partial charge on any atom is 0.306 e. The molecule has 2 unspecified atom stereocenters. The second-order valence-electron chi connectivity index (χ2n) is 19.6. The van der Waals surface area contributed by atoms with E-state index in [9.17, 15) is 19.0 Å². The van der Waals surface area contributed by atoms with Gasteiger partial charge in [-0.05, 0) is 89.9 Å². The quantitative estimate of drug-likeness (QED) is 0.0195. The van der Waals surface area contributed by atoms with Crippen molar-refractivity contribution < 1.29 is 42.1 Å². The summed E-state index contributed by atoms with van der Waals surface area (Å²) in [7, 11) is 1.15. The van der Waals surface area contributed by atoms with Crippen molar-refractivity contribution in [3.63, 3.8) is 0 Å². The minimum absolute atomic E-state index is 0.0363. The Morgan fingerprint density at radius 2 is 0.826 bits per heavy atom. The van der Waals surface area contributed by atoms with Crippen LogP contribution in [-0.4, -0.2) is 70.0 Å². The van der Waals surface area contributed by atoms with Crippen LogP contribution in [0.25, 0.3) is 0 Å². The maximum atomic E-state index is 12.8. The second-order valence-corrected chi connectivity index (χ2v) is 21.0. The summed E-state index contributed by atoms with van der Waals surface area (Å²) in [4.78, 5) is 37.8. The van der Waals surface area contributed by atoms with Crippen LogP contribution in [0.3, 0.4) is 0 Å². The van der Waals surface area contributed by atoms with Gasteiger partial charge >= 0.3 is 11.9 Å². The lowest BCUT2D eigenvalue weighted by molar-refractivity contribution is -0.870. The van der Waals surface area contributed by atoms with E-state index in [0.717, 1.165) is 96.3 Å². The number of esters is 2. The fourth-order valence-electron chi connectivity index (χ4n) is 7.36. The first-order valence-corrected chi connectivity index (χ1v) is 29.3. The molecule has 0 spiro atoms. The van der Waals surface area contributed by atoms with E-state index in [1.165, 1.54) is 96.3 Å². The number of rotatable bonds is 50. The summed E-state index contributed by atoms with van der Waals surface area (Å²) in [6.07, 6.45) is 66.1. The molecule has 0 aliphatic carbocycles. The van der Waals surface area contributed by atoms with Gasteiger partial charge in [-0.2, -0.15) is 0 Å². The Bertz CT molecular complexity index is 1440. The smallest absolute Gasteiger partial charge is 0.306 e. The van der Waals surface area contributed by atoms with Gasteiger partial charge < -0.3 is 27.9 Å². The number of carbonyl (C=O) groups is 2. The average Bonchev–Trinajstić information content (AvgIpc) is 3.31. The van der Waals surface area contributed by atoms with Crippen molar-refractivity contribution in [2.24, 2.45) is 0 Å². The highest BCUT2D eigenvalue weighted by Gasteiger charge is 2.21. The molecule has 0 amide bonds. The van der Waals surface area contributed by atoms with Gasteiger partial charge in [0.2, 0.25) is 0 Å². The fourth-order valence-corrected chi connectivity index (χ4v) is 8.09. The summed E-state index contributed by atoms with van der Waals surface area (Å²) in [5.41, 5.74) is 0. The van der Waals surface area contributed by atoms with Crippen molar-refractivity contribution in [3.8, 4) is 0 Å². The Morgan fingerprint density at radius 1 is 0.464 bits per heavy atom. The number of quaternary nitrogens is 1. The zero-order valence-electron chi connectivity index (χ0n) is 45.0. The molecule has 2 atom stereocenters. The minimum atomic E-state index is -4.64. The lowest BCUT2D eigenvalue weighted by atomic mass is 10.0. The van der Waals surface area contributed by atoms with Crippen LogP contribution in [0.2, 0.25) is 0 Å². The summed E-state index contributed by atoms with van der Waals surface area (Å²) in [6, 6.07) is 0. The number of likely N-dealkylation sites (N-methyl/N-ethyl adjacent to an activating group) is 1. The highest BCUT2D eigenvalue weighted by molar-refractivity contribution is 7.45. The van der Waals surface area contributed by atoms with E-state index in [0.29, 0.717) is 17.4 Å². The van der Waals surface area contributed by atoms with Crippen molar-refractivity contribution in [3.05, 3.63) is 85.1 Å². The Kier molecular flexibility index (Phi) is 48.1. The molecule has 0 saturated carbocycles. The molecule has 0 rings (SSSR count). The van der Waals surface area contributed by atoms with Crippen molar-refractivity contribution >= 4 is 19.8 Å². The Morgan fingerprint density at radius 3 is 1.23 bits per heavy atom. The van der Waals surface area contributed by atoms with Gasteiger partial charge in [-0.25, -0.2) is 0 Å². The Labute approximate surface area is 424 Å². The lowest BCUT2D eigenvalue weighted by Crippen LogP contribution is -2.37. The molecule has 0 aliphatic heterocycles. The zero-order chi connectivity index (χ0) is 50.6. The van der Waals surface area contributed by atoms with Gasteiger partial charge in [0, 0.05) is 12.8 Å². The van der Waals surface area contributed by atoms with Crippen LogP contribution >= 0.6 is 7.82 Å². The SMILES string of the molecule is CC/C=C\C/C=C\C/C=C\C/C=C\C/C=C\CCCCCCCCCCCCCC(=O)OC(COC(=O)CCCCCCCCC/C=C\C/C=C\CCCCCC)COP(=O)([O-])OCC[N+](C)(C)C. The number of unbranched alkanes of at least 4 members (excludes halogenated alkanes) is 22. The zero-order valence-corrected chi connectivity index (χ0v) is 45.9. The molecule has 0 aromatic heterocycles. The first kappa shape index (κ1) is 66.2. The van der Waals surface area contributed by atoms with E-state index in [2.05, 4.69) is 98.9 Å². The highest BCUT2D eigenvalue weighted by Crippen LogP contribution is 2.38. The van der Waals surface area contributed by atoms with E-state index in [1.54, 1.807) is 0 Å². The third-order valence-corrected chi connectivity index (χ3v) is 12.6. The summed E-state index contributed by atoms with van der Waals surface area (Å²) >= 11 is 0. The molecule has 0 bridgehead atoms. The molecule has 398 valence electrons. The summed E-state index contributed by atoms with van der Waals surface area (Å²) in [5, 5.41) is 0. The second kappa shape index (κ2) is 50.1. The van der Waals surface area contributed by atoms with Gasteiger partial charge in [0.1, 0.15) is 19.8 Å². The van der Waals surface area contributed by atoms with Gasteiger partial charge in [0.15, 0.2) is 6.10 Å². The van der Waals surface area contributed by atoms with Gasteiger partial charge in [-0.3, -0.25) is 14.2 Å². The predicted octanol–water partition coefficient (Wildman–Crippen LogP) is 16.5. The summed E-state index contributed by atoms with van der Waals surface area (Å²) < 4.78 is 34.1. The topological polar surface area (TPSA) is 111 Å². The van der Waals surface area contributed by atoms with E-state index in [4.69, 9.17) is 18.5 Å². The van der Waals surface area contributed by atoms with Crippen molar-refractivity contribution in [1.29, 1.82) is 0 Å². The number of phosphoric acid groups is 1. The number of allylic oxidation sites excluding steroid dienone is 14. The molecule has 69 heavy (non-hydrogen) atoms. The van der Waals surface area contributed by atoms with Gasteiger partial charge in [0.05, 0.1) is 27.7 Å². The third-order valence-electron chi connectivity index (χ3n) is 11.6. The molecule has 0 aliphatic rings. The van der Waals surface area contributed by atoms with Crippen LogP contribution in [0.15, 0.2) is 85.1 Å². The van der Waals surface area contributed by atoms with Crippen molar-refractivity contribution in [2.75, 3.05) is 47.5 Å². The lowest BCUT2D eigenvalue weighted by Gasteiger charge is -2.28. The Hall–Kier alpha value is -2.81. The van der Waals surface area contributed by atoms with Crippen LogP contribution in [-0.2, 0) is 32.7 Å². The van der Waals surface area contributed by atoms with Crippen molar-refractivity contribution in [1.82, 2.24) is 0 Å². The van der Waals surface area contributed by atoms with Crippen LogP contribution in [0.4, 0.5) is 0 Å². The molecule has 10 heteroatoms. The van der Waals surface area contributed by atoms with Crippen LogP contribution in [0.5, 0.6) is 0 Å². The van der Waals surface area contributed by atoms with Crippen LogP contribution < -0.4 is 4.89 Å². The predicted molar refractivity (Wildman–Crippen MR) is 291 cm³/mol. The molecule has 0 saturated heterocycles. The van der Waals surface area contributed by atoms with Crippen LogP contribution in [0.1, 0.15) is 226 Å². The van der Waals surface area contributed by atoms with Crippen molar-refractivity contribution in [2.45, 2.75) is 232 Å². The van der Waals surface area contributed by atoms with E-state index in [-0.39, 0.29) is 26.1 Å². The molecule has 9 nitrogen and oxygen atoms in total. The molecule has 0 fully saturated rings. The minimum Gasteiger partial charge on any atom is -0.756 e. The third kappa shape index (κ3) is 54.4. The molecular formula is C59H104NO8P. The maximum absolute atomic E-state index is 12.8. The first-order valence-electron chi connectivity index (χ1n) is 27.8. The number of carbonyl (C=O) groups excluding carboxylic acids is 2. The fraction of sp³-hybridized carbons (Fsp3) is 0.729. The van der Waals surface area contributed by atoms with Gasteiger partial charge in [-0.15, -0.1) is 0 Å². The number of phosphoric ester groups is 1. The van der Waals surface area contributed by atoms with Gasteiger partial charge in [0.25, 0.3) is 7.82 Å². The molecule has 0 N–H and O–H groups in total. The normalized spacial score (nSPS) is 14.0. The number of hydrogen-bond donors (Lipinski definition) is 0. The monoisotopic (exact) mass is 986 g/mol. The summed E-state index contributed by atoms with van der Waals surface area (Å²) in [5.74, 6) is -0.847. The standard InChI is InChI=1S/C59H104NO8P/c1-6-8-10-12-14-16-18-20-22-24-26-27-28-29-30-31-32-33-34-36-38-40-42-44-46-48-50-52-59(62)68-57(56-67-69(63,64)66-54-53-60(3,4)5)55-65-58(61)51-49-47-45-43-41-39-37-35-25-23-21-19-17-15-13-11-9-7-2/h8,10,14,16-17,19-20,22-23,25-27,29-30,57H,6-7,9,11-13,15,18,21,24,28,31-56H2,1-5H3/b10-8-,16-14-,19-17-,22-20-,25-23-,27-26-,30-29-. The Balaban J connectivity index is 4.21. The molecule has 0 heterocycles. The summed E-state index contributed by atoms with van der Waals surface area (Å²) in [6.45, 7) is 4.10. The number of nitrogens with zero attached hydrogens (tertiary/aromatic N) is 1. The largest absolute Gasteiger partial charge is 0.756 e. The number of ether oxygens (including phenoxy) is 2. The van der Waals surface area contributed by atoms with Crippen LogP contribution in [0, 0.1) is 0 Å². The highest BCUT2D eigenvalue weighted by atomic mass is 31.2.